The molecule has 18 heavy (non-hydrogen) atoms. The van der Waals surface area contributed by atoms with Gasteiger partial charge in [0, 0.05) is 12.0 Å². The Bertz CT molecular complexity index is 474. The average molecular weight is 269 g/mol. The fourth-order valence-corrected chi connectivity index (χ4v) is 2.13. The molecule has 98 valence electrons. The molecule has 5 heteroatoms. The number of hydrogen-bond acceptors (Lipinski definition) is 3. The topological polar surface area (TPSA) is 55.6 Å². The molecular formula is C13H17ClN2O2. The van der Waals surface area contributed by atoms with E-state index in [1.165, 1.54) is 4.90 Å². The largest absolute Gasteiger partial charge is 0.482 e. The van der Waals surface area contributed by atoms with E-state index in [9.17, 15) is 4.79 Å². The molecule has 1 aliphatic rings. The molecule has 0 unspecified atom stereocenters. The van der Waals surface area contributed by atoms with Gasteiger partial charge in [-0.25, -0.2) is 0 Å². The fourth-order valence-electron chi connectivity index (χ4n) is 1.87. The van der Waals surface area contributed by atoms with Crippen molar-refractivity contribution in [3.8, 4) is 5.75 Å². The number of alkyl halides is 1. The van der Waals surface area contributed by atoms with Gasteiger partial charge in [0.2, 0.25) is 0 Å². The second-order valence-corrected chi connectivity index (χ2v) is 5.24. The molecule has 0 aromatic heterocycles. The Labute approximate surface area is 112 Å². The Morgan fingerprint density at radius 1 is 1.50 bits per heavy atom. The van der Waals surface area contributed by atoms with Crippen LogP contribution in [-0.2, 0) is 10.2 Å². The molecule has 1 aliphatic heterocycles. The number of ether oxygens (including phenoxy) is 1. The molecule has 4 nitrogen and oxygen atoms in total. The molecule has 0 bridgehead atoms. The molecule has 0 saturated carbocycles. The van der Waals surface area contributed by atoms with E-state index in [1.54, 1.807) is 0 Å². The number of nitrogens with two attached hydrogens (primary N) is 1. The van der Waals surface area contributed by atoms with Crippen LogP contribution in [0.2, 0.25) is 0 Å². The summed E-state index contributed by atoms with van der Waals surface area (Å²) < 4.78 is 5.39. The third-order valence-electron chi connectivity index (χ3n) is 3.31. The van der Waals surface area contributed by atoms with Gasteiger partial charge in [0.25, 0.3) is 5.91 Å². The van der Waals surface area contributed by atoms with Crippen LogP contribution in [0.3, 0.4) is 0 Å². The van der Waals surface area contributed by atoms with Crippen LogP contribution >= 0.6 is 11.6 Å². The first kappa shape index (κ1) is 13.2. The number of fused-ring (bicyclic) bond motifs is 1. The van der Waals surface area contributed by atoms with Crippen molar-refractivity contribution in [2.75, 3.05) is 24.1 Å². The number of nitrogens with zero attached hydrogens (tertiary/aromatic N) is 1. The van der Waals surface area contributed by atoms with Crippen molar-refractivity contribution in [2.45, 2.75) is 19.3 Å². The lowest BCUT2D eigenvalue weighted by Gasteiger charge is -2.30. The second-order valence-electron chi connectivity index (χ2n) is 5.00. The minimum Gasteiger partial charge on any atom is -0.482 e. The van der Waals surface area contributed by atoms with E-state index in [0.29, 0.717) is 12.3 Å². The van der Waals surface area contributed by atoms with Crippen LogP contribution in [0.1, 0.15) is 19.4 Å². The Morgan fingerprint density at radius 2 is 2.22 bits per heavy atom. The van der Waals surface area contributed by atoms with Gasteiger partial charge >= 0.3 is 0 Å². The van der Waals surface area contributed by atoms with Crippen molar-refractivity contribution in [3.63, 3.8) is 0 Å². The monoisotopic (exact) mass is 268 g/mol. The zero-order valence-electron chi connectivity index (χ0n) is 10.6. The summed E-state index contributed by atoms with van der Waals surface area (Å²) in [7, 11) is 0. The first-order chi connectivity index (χ1) is 8.49. The lowest BCUT2D eigenvalue weighted by Crippen LogP contribution is -2.38. The van der Waals surface area contributed by atoms with Crippen LogP contribution in [-0.4, -0.2) is 25.1 Å². The lowest BCUT2D eigenvalue weighted by atomic mass is 9.84. The predicted octanol–water partition coefficient (Wildman–Crippen LogP) is 1.84. The van der Waals surface area contributed by atoms with Gasteiger partial charge in [-0.15, -0.1) is 11.6 Å². The van der Waals surface area contributed by atoms with Gasteiger partial charge < -0.3 is 10.5 Å². The number of anilines is 1. The Kier molecular flexibility index (Phi) is 3.50. The molecule has 0 saturated heterocycles. The van der Waals surface area contributed by atoms with Gasteiger partial charge in [0.15, 0.2) is 6.61 Å². The van der Waals surface area contributed by atoms with Crippen LogP contribution in [0.5, 0.6) is 5.75 Å². The maximum Gasteiger partial charge on any atom is 0.266 e. The number of hydrogen-bond donors (Lipinski definition) is 1. The highest BCUT2D eigenvalue weighted by Crippen LogP contribution is 2.36. The summed E-state index contributed by atoms with van der Waals surface area (Å²) in [6.45, 7) is 4.69. The average Bonchev–Trinajstić information content (AvgIpc) is 2.38. The standard InChI is InChI=1S/C13H17ClN2O2/c1-13(2,7-15)9-3-4-11-10(5-9)16(8-14)12(17)6-18-11/h3-5H,6-8,15H2,1-2H3. The zero-order valence-corrected chi connectivity index (χ0v) is 11.3. The van der Waals surface area contributed by atoms with Crippen molar-refractivity contribution in [3.05, 3.63) is 23.8 Å². The van der Waals surface area contributed by atoms with E-state index in [4.69, 9.17) is 22.1 Å². The summed E-state index contributed by atoms with van der Waals surface area (Å²) in [5, 5.41) is 0. The molecule has 0 radical (unpaired) electrons. The van der Waals surface area contributed by atoms with Crippen molar-refractivity contribution >= 4 is 23.2 Å². The van der Waals surface area contributed by atoms with Crippen LogP contribution in [0.15, 0.2) is 18.2 Å². The van der Waals surface area contributed by atoms with Crippen LogP contribution in [0.4, 0.5) is 5.69 Å². The molecule has 0 fully saturated rings. The first-order valence-corrected chi connectivity index (χ1v) is 6.37. The first-order valence-electron chi connectivity index (χ1n) is 5.83. The highest BCUT2D eigenvalue weighted by atomic mass is 35.5. The third-order valence-corrected chi connectivity index (χ3v) is 3.55. The van der Waals surface area contributed by atoms with E-state index in [1.807, 2.05) is 18.2 Å². The fraction of sp³-hybridized carbons (Fsp3) is 0.462. The summed E-state index contributed by atoms with van der Waals surface area (Å²) >= 11 is 5.83. The molecule has 1 amide bonds. The van der Waals surface area contributed by atoms with Crippen molar-refractivity contribution in [1.82, 2.24) is 0 Å². The number of carbonyl (C=O) groups is 1. The maximum absolute atomic E-state index is 11.7. The van der Waals surface area contributed by atoms with Crippen molar-refractivity contribution in [1.29, 1.82) is 0 Å². The van der Waals surface area contributed by atoms with Gasteiger partial charge in [-0.3, -0.25) is 9.69 Å². The molecule has 1 aromatic rings. The smallest absolute Gasteiger partial charge is 0.266 e. The number of amides is 1. The van der Waals surface area contributed by atoms with Gasteiger partial charge in [0.1, 0.15) is 11.8 Å². The van der Waals surface area contributed by atoms with Crippen molar-refractivity contribution < 1.29 is 9.53 Å². The molecule has 2 N–H and O–H groups in total. The maximum atomic E-state index is 11.7. The highest BCUT2D eigenvalue weighted by Gasteiger charge is 2.27. The Balaban J connectivity index is 2.47. The van der Waals surface area contributed by atoms with E-state index in [-0.39, 0.29) is 23.9 Å². The van der Waals surface area contributed by atoms with Crippen molar-refractivity contribution in [2.24, 2.45) is 5.73 Å². The molecule has 0 atom stereocenters. The van der Waals surface area contributed by atoms with Crippen LogP contribution in [0.25, 0.3) is 0 Å². The zero-order chi connectivity index (χ0) is 13.3. The molecule has 2 rings (SSSR count). The minimum atomic E-state index is -0.145. The summed E-state index contributed by atoms with van der Waals surface area (Å²) in [4.78, 5) is 13.2. The van der Waals surface area contributed by atoms with E-state index >= 15 is 0 Å². The molecule has 0 aliphatic carbocycles. The third kappa shape index (κ3) is 2.18. The molecule has 0 spiro atoms. The van der Waals surface area contributed by atoms with Crippen LogP contribution in [0, 0.1) is 0 Å². The van der Waals surface area contributed by atoms with Crippen LogP contribution < -0.4 is 15.4 Å². The summed E-state index contributed by atoms with van der Waals surface area (Å²) in [6.07, 6.45) is 0. The van der Waals surface area contributed by atoms with Gasteiger partial charge in [-0.1, -0.05) is 19.9 Å². The molecule has 1 heterocycles. The quantitative estimate of drug-likeness (QED) is 0.672. The molecule has 1 aromatic carbocycles. The molecular weight excluding hydrogens is 252 g/mol. The van der Waals surface area contributed by atoms with E-state index < -0.39 is 0 Å². The number of rotatable bonds is 3. The highest BCUT2D eigenvalue weighted by molar-refractivity contribution is 6.22. The summed E-state index contributed by atoms with van der Waals surface area (Å²) in [5.74, 6) is 0.562. The lowest BCUT2D eigenvalue weighted by molar-refractivity contribution is -0.121. The second kappa shape index (κ2) is 4.78. The summed E-state index contributed by atoms with van der Waals surface area (Å²) in [6, 6.07) is 5.91. The van der Waals surface area contributed by atoms with Gasteiger partial charge in [-0.05, 0) is 17.7 Å². The van der Waals surface area contributed by atoms with E-state index in [0.717, 1.165) is 11.3 Å². The SMILES string of the molecule is CC(C)(CN)c1ccc2c(c1)N(CCl)C(=O)CO2. The van der Waals surface area contributed by atoms with Gasteiger partial charge in [-0.2, -0.15) is 0 Å². The number of benzene rings is 1. The minimum absolute atomic E-state index is 0.0410. The predicted molar refractivity (Wildman–Crippen MR) is 72.2 cm³/mol. The van der Waals surface area contributed by atoms with E-state index in [2.05, 4.69) is 13.8 Å². The summed E-state index contributed by atoms with van der Waals surface area (Å²) in [5.41, 5.74) is 7.41. The Hall–Kier alpha value is -1.26. The van der Waals surface area contributed by atoms with Gasteiger partial charge in [0.05, 0.1) is 5.69 Å². The number of carbonyl (C=O) groups excluding carboxylic acids is 1. The Morgan fingerprint density at radius 3 is 2.83 bits per heavy atom. The normalized spacial score (nSPS) is 15.3. The number of halogens is 1.